The summed E-state index contributed by atoms with van der Waals surface area (Å²) in [5.74, 6) is 1.83. The van der Waals surface area contributed by atoms with Gasteiger partial charge in [-0.05, 0) is 47.5 Å². The molecular weight excluding hydrogens is 719 g/mol. The Labute approximate surface area is 330 Å². The predicted molar refractivity (Wildman–Crippen MR) is 234 cm³/mol. The first-order chi connectivity index (χ1) is 28.2. The normalized spacial score (nSPS) is 11.9. The summed E-state index contributed by atoms with van der Waals surface area (Å²) in [7, 11) is 0. The second-order valence-corrected chi connectivity index (χ2v) is 15.3. The molecule has 6 heteroatoms. The lowest BCUT2D eigenvalue weighted by atomic mass is 9.94. The molecule has 5 nitrogen and oxygen atoms in total. The third kappa shape index (κ3) is 5.04. The minimum atomic E-state index is 0.585. The molecule has 0 unspecified atom stereocenters. The zero-order chi connectivity index (χ0) is 37.5. The van der Waals surface area contributed by atoms with E-state index in [1.165, 1.54) is 15.5 Å². The molecule has 12 rings (SSSR count). The zero-order valence-electron chi connectivity index (χ0n) is 30.3. The number of furan rings is 2. The Hall–Kier alpha value is -7.41. The fourth-order valence-corrected chi connectivity index (χ4v) is 9.54. The van der Waals surface area contributed by atoms with Crippen LogP contribution in [0, 0.1) is 0 Å². The number of hydrogen-bond donors (Lipinski definition) is 0. The second-order valence-electron chi connectivity index (χ2n) is 14.3. The Morgan fingerprint density at radius 3 is 1.77 bits per heavy atom. The van der Waals surface area contributed by atoms with E-state index in [4.69, 9.17) is 23.8 Å². The van der Waals surface area contributed by atoms with Gasteiger partial charge in [-0.3, -0.25) is 0 Å². The number of benzene rings is 8. The quantitative estimate of drug-likeness (QED) is 0.175. The summed E-state index contributed by atoms with van der Waals surface area (Å²) >= 11 is 1.77. The van der Waals surface area contributed by atoms with Crippen LogP contribution in [0.5, 0.6) is 0 Å². The lowest BCUT2D eigenvalue weighted by molar-refractivity contribution is 0.665. The maximum atomic E-state index is 6.88. The van der Waals surface area contributed by atoms with Crippen molar-refractivity contribution in [3.63, 3.8) is 0 Å². The summed E-state index contributed by atoms with van der Waals surface area (Å²) in [5, 5.41) is 6.50. The van der Waals surface area contributed by atoms with Gasteiger partial charge in [0.1, 0.15) is 22.3 Å². The van der Waals surface area contributed by atoms with Crippen molar-refractivity contribution in [1.29, 1.82) is 0 Å². The van der Waals surface area contributed by atoms with Crippen molar-refractivity contribution in [2.24, 2.45) is 0 Å². The van der Waals surface area contributed by atoms with E-state index in [0.29, 0.717) is 17.5 Å². The average Bonchev–Trinajstić information content (AvgIpc) is 3.98. The van der Waals surface area contributed by atoms with Gasteiger partial charge in [0.25, 0.3) is 0 Å². The van der Waals surface area contributed by atoms with Crippen molar-refractivity contribution in [2.45, 2.75) is 0 Å². The van der Waals surface area contributed by atoms with E-state index in [2.05, 4.69) is 115 Å². The Morgan fingerprint density at radius 2 is 0.930 bits per heavy atom. The van der Waals surface area contributed by atoms with E-state index in [9.17, 15) is 0 Å². The van der Waals surface area contributed by atoms with Crippen LogP contribution < -0.4 is 0 Å². The predicted octanol–water partition coefficient (Wildman–Crippen LogP) is 14.4. The summed E-state index contributed by atoms with van der Waals surface area (Å²) in [6.07, 6.45) is 0. The van der Waals surface area contributed by atoms with Gasteiger partial charge in [-0.25, -0.2) is 15.0 Å². The maximum Gasteiger partial charge on any atom is 0.165 e. The van der Waals surface area contributed by atoms with Gasteiger partial charge in [0, 0.05) is 69.5 Å². The largest absolute Gasteiger partial charge is 0.455 e. The number of hydrogen-bond acceptors (Lipinski definition) is 6. The number of thiophene rings is 1. The van der Waals surface area contributed by atoms with Crippen LogP contribution in [0.2, 0.25) is 0 Å². The van der Waals surface area contributed by atoms with E-state index in [1.807, 2.05) is 60.7 Å². The van der Waals surface area contributed by atoms with Crippen molar-refractivity contribution in [3.05, 3.63) is 176 Å². The molecule has 0 aliphatic heterocycles. The minimum absolute atomic E-state index is 0.585. The molecule has 0 N–H and O–H groups in total. The average molecular weight is 748 g/mol. The summed E-state index contributed by atoms with van der Waals surface area (Å²) in [6, 6.07) is 60.8. The number of fused-ring (bicyclic) bond motifs is 9. The molecule has 57 heavy (non-hydrogen) atoms. The minimum Gasteiger partial charge on any atom is -0.455 e. The first kappa shape index (κ1) is 31.9. The highest BCUT2D eigenvalue weighted by molar-refractivity contribution is 7.26. The molecule has 0 aliphatic rings. The van der Waals surface area contributed by atoms with Crippen LogP contribution in [-0.4, -0.2) is 15.0 Å². The topological polar surface area (TPSA) is 65.0 Å². The van der Waals surface area contributed by atoms with Gasteiger partial charge in [0.2, 0.25) is 0 Å². The number of rotatable bonds is 5. The van der Waals surface area contributed by atoms with Gasteiger partial charge in [0.15, 0.2) is 17.5 Å². The Bertz CT molecular complexity index is 3530. The van der Waals surface area contributed by atoms with Crippen LogP contribution in [0.1, 0.15) is 0 Å². The first-order valence-corrected chi connectivity index (χ1v) is 19.7. The first-order valence-electron chi connectivity index (χ1n) is 18.9. The van der Waals surface area contributed by atoms with Crippen molar-refractivity contribution in [1.82, 2.24) is 15.0 Å². The molecule has 4 aromatic heterocycles. The van der Waals surface area contributed by atoms with Crippen LogP contribution in [0.15, 0.2) is 185 Å². The molecule has 0 saturated heterocycles. The molecule has 0 aliphatic carbocycles. The maximum absolute atomic E-state index is 6.88. The van der Waals surface area contributed by atoms with E-state index >= 15 is 0 Å². The molecule has 0 fully saturated rings. The summed E-state index contributed by atoms with van der Waals surface area (Å²) < 4.78 is 15.9. The molecule has 0 saturated carbocycles. The third-order valence-corrected chi connectivity index (χ3v) is 12.2. The van der Waals surface area contributed by atoms with Crippen molar-refractivity contribution in [2.75, 3.05) is 0 Å². The van der Waals surface area contributed by atoms with Crippen molar-refractivity contribution >= 4 is 75.4 Å². The monoisotopic (exact) mass is 747 g/mol. The van der Waals surface area contributed by atoms with E-state index in [0.717, 1.165) is 87.5 Å². The highest BCUT2D eigenvalue weighted by Crippen LogP contribution is 2.45. The summed E-state index contributed by atoms with van der Waals surface area (Å²) in [6.45, 7) is 0. The van der Waals surface area contributed by atoms with E-state index in [1.54, 1.807) is 11.3 Å². The smallest absolute Gasteiger partial charge is 0.165 e. The van der Waals surface area contributed by atoms with Gasteiger partial charge in [-0.1, -0.05) is 140 Å². The zero-order valence-corrected chi connectivity index (χ0v) is 31.1. The lowest BCUT2D eigenvalue weighted by Gasteiger charge is -2.10. The Morgan fingerprint density at radius 1 is 0.351 bits per heavy atom. The molecule has 0 atom stereocenters. The molecule has 8 aromatic carbocycles. The fraction of sp³-hybridized carbons (Fsp3) is 0. The van der Waals surface area contributed by atoms with E-state index < -0.39 is 0 Å². The van der Waals surface area contributed by atoms with Crippen LogP contribution in [0.25, 0.3) is 120 Å². The number of para-hydroxylation sites is 2. The number of aromatic nitrogens is 3. The van der Waals surface area contributed by atoms with Crippen LogP contribution in [0.3, 0.4) is 0 Å². The molecule has 266 valence electrons. The lowest BCUT2D eigenvalue weighted by Crippen LogP contribution is -2.00. The van der Waals surface area contributed by atoms with Gasteiger partial charge >= 0.3 is 0 Å². The summed E-state index contributed by atoms with van der Waals surface area (Å²) in [5.41, 5.74) is 10.2. The van der Waals surface area contributed by atoms with Crippen molar-refractivity contribution in [3.8, 4) is 56.4 Å². The highest BCUT2D eigenvalue weighted by atomic mass is 32.1. The van der Waals surface area contributed by atoms with E-state index in [-0.39, 0.29) is 0 Å². The van der Waals surface area contributed by atoms with Crippen molar-refractivity contribution < 1.29 is 8.83 Å². The second kappa shape index (κ2) is 12.6. The number of nitrogens with zero attached hydrogens (tertiary/aromatic N) is 3. The van der Waals surface area contributed by atoms with Gasteiger partial charge in [-0.2, -0.15) is 0 Å². The summed E-state index contributed by atoms with van der Waals surface area (Å²) in [4.78, 5) is 15.6. The molecular formula is C51H29N3O2S. The van der Waals surface area contributed by atoms with Gasteiger partial charge in [-0.15, -0.1) is 11.3 Å². The molecule has 0 bridgehead atoms. The van der Waals surface area contributed by atoms with Crippen LogP contribution in [-0.2, 0) is 0 Å². The molecule has 0 amide bonds. The fourth-order valence-electron chi connectivity index (χ4n) is 8.33. The van der Waals surface area contributed by atoms with Crippen LogP contribution in [0.4, 0.5) is 0 Å². The molecule has 0 spiro atoms. The highest BCUT2D eigenvalue weighted by Gasteiger charge is 2.23. The standard InChI is InChI=1S/C51H29N3O2S/c1-3-14-30(15-4-1)32-28-40-33-18-7-9-25-42(33)55-47(40)41(29-32)35-20-11-22-37-45-38(23-13-26-43(45)56-46(35)37)50-52-49(31-16-5-2-6-17-31)53-51(54-50)39-24-12-21-36-34-19-8-10-27-44(34)57-48(36)39/h1-29H. The third-order valence-electron chi connectivity index (χ3n) is 11.0. The molecule has 12 aromatic rings. The van der Waals surface area contributed by atoms with Crippen LogP contribution >= 0.6 is 11.3 Å². The van der Waals surface area contributed by atoms with Gasteiger partial charge < -0.3 is 8.83 Å². The Balaban J connectivity index is 1.11. The molecule has 4 heterocycles. The SMILES string of the molecule is c1ccc(-c2cc(-c3cccc4c3oc3cccc(-c5nc(-c6ccccc6)nc(-c6cccc7c6sc6ccccc67)n5)c34)c3oc4ccccc4c3c2)cc1. The van der Waals surface area contributed by atoms with Gasteiger partial charge in [0.05, 0.1) is 0 Å². The Kier molecular flexibility index (Phi) is 7.03. The molecule has 0 radical (unpaired) electrons.